The zero-order valence-corrected chi connectivity index (χ0v) is 12.2. The molecule has 2 rings (SSSR count). The summed E-state index contributed by atoms with van der Waals surface area (Å²) >= 11 is 0. The second kappa shape index (κ2) is 7.08. The standard InChI is InChI=1S/C15H21N3O3/c1-18(14(19)10-13-4-2-3-9-21-13)12-7-5-11(6-8-12)15(16)17-20/h5-8,13,20H,2-4,9-10H2,1H3,(H2,16,17). The molecule has 1 aromatic carbocycles. The van der Waals surface area contributed by atoms with Crippen LogP contribution >= 0.6 is 0 Å². The average molecular weight is 291 g/mol. The highest BCUT2D eigenvalue weighted by Gasteiger charge is 2.20. The first kappa shape index (κ1) is 15.3. The first-order chi connectivity index (χ1) is 10.1. The number of nitrogens with zero attached hydrogens (tertiary/aromatic N) is 2. The van der Waals surface area contributed by atoms with E-state index in [1.165, 1.54) is 0 Å². The summed E-state index contributed by atoms with van der Waals surface area (Å²) in [6.07, 6.45) is 3.58. The van der Waals surface area contributed by atoms with E-state index in [0.717, 1.165) is 31.6 Å². The maximum Gasteiger partial charge on any atom is 0.229 e. The number of nitrogens with two attached hydrogens (primary N) is 1. The molecule has 21 heavy (non-hydrogen) atoms. The minimum atomic E-state index is 0.0263. The highest BCUT2D eigenvalue weighted by molar-refractivity contribution is 5.98. The van der Waals surface area contributed by atoms with Crippen LogP contribution in [-0.4, -0.2) is 36.7 Å². The van der Waals surface area contributed by atoms with Crippen molar-refractivity contribution < 1.29 is 14.7 Å². The molecular weight excluding hydrogens is 270 g/mol. The smallest absolute Gasteiger partial charge is 0.229 e. The van der Waals surface area contributed by atoms with E-state index < -0.39 is 0 Å². The van der Waals surface area contributed by atoms with Gasteiger partial charge in [0.25, 0.3) is 0 Å². The summed E-state index contributed by atoms with van der Waals surface area (Å²) in [5, 5.41) is 11.6. The second-order valence-electron chi connectivity index (χ2n) is 5.18. The van der Waals surface area contributed by atoms with Crippen LogP contribution in [0.3, 0.4) is 0 Å². The Kier molecular flexibility index (Phi) is 5.16. The molecule has 1 heterocycles. The van der Waals surface area contributed by atoms with Crippen LogP contribution < -0.4 is 10.6 Å². The molecule has 6 nitrogen and oxygen atoms in total. The third-order valence-electron chi connectivity index (χ3n) is 3.71. The summed E-state index contributed by atoms with van der Waals surface area (Å²) in [7, 11) is 1.74. The summed E-state index contributed by atoms with van der Waals surface area (Å²) in [5.41, 5.74) is 6.88. The summed E-state index contributed by atoms with van der Waals surface area (Å²) in [6, 6.07) is 6.97. The van der Waals surface area contributed by atoms with Crippen LogP contribution in [-0.2, 0) is 9.53 Å². The fraction of sp³-hybridized carbons (Fsp3) is 0.467. The number of rotatable bonds is 4. The number of carbonyl (C=O) groups excluding carboxylic acids is 1. The Morgan fingerprint density at radius 3 is 2.71 bits per heavy atom. The number of hydrogen-bond donors (Lipinski definition) is 2. The highest BCUT2D eigenvalue weighted by atomic mass is 16.5. The molecule has 6 heteroatoms. The lowest BCUT2D eigenvalue weighted by Crippen LogP contribution is -2.32. The van der Waals surface area contributed by atoms with E-state index >= 15 is 0 Å². The Morgan fingerprint density at radius 2 is 2.14 bits per heavy atom. The molecule has 1 fully saturated rings. The van der Waals surface area contributed by atoms with Gasteiger partial charge in [0.2, 0.25) is 5.91 Å². The maximum atomic E-state index is 12.2. The van der Waals surface area contributed by atoms with Crippen molar-refractivity contribution in [1.82, 2.24) is 0 Å². The topological polar surface area (TPSA) is 88.2 Å². The van der Waals surface area contributed by atoms with Gasteiger partial charge >= 0.3 is 0 Å². The van der Waals surface area contributed by atoms with Gasteiger partial charge in [-0.1, -0.05) is 5.16 Å². The summed E-state index contributed by atoms with van der Waals surface area (Å²) < 4.78 is 5.59. The van der Waals surface area contributed by atoms with Crippen molar-refractivity contribution in [2.45, 2.75) is 31.8 Å². The third kappa shape index (κ3) is 3.95. The van der Waals surface area contributed by atoms with Crippen molar-refractivity contribution in [3.05, 3.63) is 29.8 Å². The van der Waals surface area contributed by atoms with Crippen LogP contribution in [0, 0.1) is 0 Å². The minimum absolute atomic E-state index is 0.0263. The van der Waals surface area contributed by atoms with Gasteiger partial charge in [0, 0.05) is 24.9 Å². The molecule has 114 valence electrons. The normalized spacial score (nSPS) is 19.3. The maximum absolute atomic E-state index is 12.2. The third-order valence-corrected chi connectivity index (χ3v) is 3.71. The van der Waals surface area contributed by atoms with Gasteiger partial charge in [-0.3, -0.25) is 4.79 Å². The van der Waals surface area contributed by atoms with Crippen molar-refractivity contribution >= 4 is 17.4 Å². The Bertz CT molecular complexity index is 507. The van der Waals surface area contributed by atoms with E-state index in [1.807, 2.05) is 0 Å². The molecule has 3 N–H and O–H groups in total. The number of amides is 1. The van der Waals surface area contributed by atoms with E-state index in [4.69, 9.17) is 15.7 Å². The van der Waals surface area contributed by atoms with Gasteiger partial charge in [-0.15, -0.1) is 0 Å². The molecule has 1 unspecified atom stereocenters. The van der Waals surface area contributed by atoms with Crippen LogP contribution in [0.15, 0.2) is 29.4 Å². The predicted molar refractivity (Wildman–Crippen MR) is 80.6 cm³/mol. The molecule has 0 aliphatic carbocycles. The summed E-state index contributed by atoms with van der Waals surface area (Å²) in [5.74, 6) is 0.0737. The zero-order chi connectivity index (χ0) is 15.2. The first-order valence-electron chi connectivity index (χ1n) is 7.08. The second-order valence-corrected chi connectivity index (χ2v) is 5.18. The van der Waals surface area contributed by atoms with Gasteiger partial charge in [-0.2, -0.15) is 0 Å². The van der Waals surface area contributed by atoms with Crippen molar-refractivity contribution in [3.63, 3.8) is 0 Å². The lowest BCUT2D eigenvalue weighted by atomic mass is 10.1. The van der Waals surface area contributed by atoms with E-state index in [9.17, 15) is 4.79 Å². The minimum Gasteiger partial charge on any atom is -0.409 e. The number of carbonyl (C=O) groups is 1. The number of oxime groups is 1. The molecule has 0 bridgehead atoms. The van der Waals surface area contributed by atoms with E-state index in [2.05, 4.69) is 5.16 Å². The number of hydrogen-bond acceptors (Lipinski definition) is 4. The van der Waals surface area contributed by atoms with Crippen LogP contribution in [0.2, 0.25) is 0 Å². The Morgan fingerprint density at radius 1 is 1.43 bits per heavy atom. The summed E-state index contributed by atoms with van der Waals surface area (Å²) in [4.78, 5) is 13.8. The van der Waals surface area contributed by atoms with Crippen molar-refractivity contribution in [2.24, 2.45) is 10.9 Å². The molecule has 1 aromatic rings. The zero-order valence-electron chi connectivity index (χ0n) is 12.2. The fourth-order valence-corrected chi connectivity index (χ4v) is 2.36. The van der Waals surface area contributed by atoms with Crippen LogP contribution in [0.4, 0.5) is 5.69 Å². The monoisotopic (exact) mass is 291 g/mol. The van der Waals surface area contributed by atoms with Crippen molar-refractivity contribution in [3.8, 4) is 0 Å². The molecule has 0 spiro atoms. The van der Waals surface area contributed by atoms with Gasteiger partial charge in [0.05, 0.1) is 12.5 Å². The Labute approximate surface area is 124 Å². The Hall–Kier alpha value is -2.08. The van der Waals surface area contributed by atoms with Gasteiger partial charge in [-0.25, -0.2) is 0 Å². The van der Waals surface area contributed by atoms with E-state index in [0.29, 0.717) is 12.0 Å². The molecule has 0 aromatic heterocycles. The quantitative estimate of drug-likeness (QED) is 0.382. The van der Waals surface area contributed by atoms with E-state index in [-0.39, 0.29) is 17.8 Å². The molecular formula is C15H21N3O3. The molecule has 1 atom stereocenters. The molecule has 1 amide bonds. The highest BCUT2D eigenvalue weighted by Crippen LogP contribution is 2.19. The summed E-state index contributed by atoms with van der Waals surface area (Å²) in [6.45, 7) is 0.746. The molecule has 0 radical (unpaired) electrons. The van der Waals surface area contributed by atoms with Crippen LogP contribution in [0.1, 0.15) is 31.2 Å². The molecule has 1 aliphatic rings. The fourth-order valence-electron chi connectivity index (χ4n) is 2.36. The van der Waals surface area contributed by atoms with Crippen molar-refractivity contribution in [2.75, 3.05) is 18.6 Å². The van der Waals surface area contributed by atoms with Gasteiger partial charge in [-0.05, 0) is 43.5 Å². The van der Waals surface area contributed by atoms with Gasteiger partial charge in [0.1, 0.15) is 0 Å². The number of amidine groups is 1. The van der Waals surface area contributed by atoms with Crippen LogP contribution in [0.25, 0.3) is 0 Å². The number of anilines is 1. The Balaban J connectivity index is 1.98. The largest absolute Gasteiger partial charge is 0.409 e. The number of benzene rings is 1. The van der Waals surface area contributed by atoms with E-state index in [1.54, 1.807) is 36.2 Å². The lowest BCUT2D eigenvalue weighted by Gasteiger charge is -2.25. The first-order valence-corrected chi connectivity index (χ1v) is 7.08. The number of ether oxygens (including phenoxy) is 1. The lowest BCUT2D eigenvalue weighted by molar-refractivity contribution is -0.122. The predicted octanol–water partition coefficient (Wildman–Crippen LogP) is 1.70. The molecule has 0 saturated carbocycles. The van der Waals surface area contributed by atoms with Gasteiger partial charge in [0.15, 0.2) is 5.84 Å². The molecule has 1 saturated heterocycles. The van der Waals surface area contributed by atoms with Crippen molar-refractivity contribution in [1.29, 1.82) is 0 Å². The SMILES string of the molecule is CN(C(=O)CC1CCCCO1)c1ccc(/C(N)=N/O)cc1. The average Bonchev–Trinajstić information content (AvgIpc) is 2.54. The van der Waals surface area contributed by atoms with Gasteiger partial charge < -0.3 is 20.6 Å². The molecule has 1 aliphatic heterocycles. The van der Waals surface area contributed by atoms with Crippen LogP contribution in [0.5, 0.6) is 0 Å².